The first kappa shape index (κ1) is 10.3. The number of fused-ring (bicyclic) bond motifs is 3. The maximum Gasteiger partial charge on any atom is 0.186 e. The first-order chi connectivity index (χ1) is 8.92. The molecule has 0 amide bonds. The Labute approximate surface area is 110 Å². The second-order valence-corrected chi connectivity index (χ2v) is 5.83. The van der Waals surface area contributed by atoms with E-state index in [4.69, 9.17) is 4.98 Å². The van der Waals surface area contributed by atoms with Crippen LogP contribution in [-0.2, 0) is 0 Å². The van der Waals surface area contributed by atoms with Crippen molar-refractivity contribution in [2.75, 3.05) is 18.0 Å². The summed E-state index contributed by atoms with van der Waals surface area (Å²) in [5.74, 6) is 0. The van der Waals surface area contributed by atoms with Gasteiger partial charge in [-0.3, -0.25) is 0 Å². The van der Waals surface area contributed by atoms with Crippen molar-refractivity contribution in [1.82, 2.24) is 4.98 Å². The number of rotatable bonds is 1. The van der Waals surface area contributed by atoms with Crippen molar-refractivity contribution in [2.45, 2.75) is 12.8 Å². The molecular weight excluding hydrogens is 240 g/mol. The normalized spacial score (nSPS) is 15.9. The zero-order valence-corrected chi connectivity index (χ0v) is 10.9. The molecule has 0 atom stereocenters. The highest BCUT2D eigenvalue weighted by Crippen LogP contribution is 2.34. The van der Waals surface area contributed by atoms with Crippen molar-refractivity contribution in [3.63, 3.8) is 0 Å². The fraction of sp³-hybridized carbons (Fsp3) is 0.267. The van der Waals surface area contributed by atoms with Crippen LogP contribution in [-0.4, -0.2) is 18.1 Å². The molecule has 1 aliphatic rings. The van der Waals surface area contributed by atoms with Crippen molar-refractivity contribution in [1.29, 1.82) is 0 Å². The molecule has 1 fully saturated rings. The van der Waals surface area contributed by atoms with Gasteiger partial charge in [0.25, 0.3) is 0 Å². The molecule has 2 nitrogen and oxygen atoms in total. The maximum atomic E-state index is 4.87. The zero-order chi connectivity index (χ0) is 11.9. The predicted molar refractivity (Wildman–Crippen MR) is 78.6 cm³/mol. The van der Waals surface area contributed by atoms with Crippen LogP contribution in [0.1, 0.15) is 12.8 Å². The Morgan fingerprint density at radius 3 is 2.72 bits per heavy atom. The van der Waals surface area contributed by atoms with E-state index in [0.717, 1.165) is 13.1 Å². The number of hydrogen-bond donors (Lipinski definition) is 0. The number of thiazole rings is 1. The maximum absolute atomic E-state index is 4.87. The molecule has 0 aliphatic carbocycles. The molecule has 2 heterocycles. The Hall–Kier alpha value is -1.61. The number of anilines is 1. The van der Waals surface area contributed by atoms with E-state index in [0.29, 0.717) is 0 Å². The number of aromatic nitrogens is 1. The van der Waals surface area contributed by atoms with Gasteiger partial charge in [0.1, 0.15) is 0 Å². The van der Waals surface area contributed by atoms with E-state index in [1.807, 2.05) is 11.3 Å². The van der Waals surface area contributed by atoms with Gasteiger partial charge in [0, 0.05) is 18.5 Å². The molecule has 0 saturated carbocycles. The fourth-order valence-electron chi connectivity index (χ4n) is 2.69. The van der Waals surface area contributed by atoms with Crippen LogP contribution >= 0.6 is 11.3 Å². The highest BCUT2D eigenvalue weighted by Gasteiger charge is 2.16. The molecule has 0 spiro atoms. The molecule has 0 bridgehead atoms. The van der Waals surface area contributed by atoms with Crippen molar-refractivity contribution in [3.05, 3.63) is 36.4 Å². The van der Waals surface area contributed by atoms with Crippen LogP contribution in [0.2, 0.25) is 0 Å². The van der Waals surface area contributed by atoms with E-state index >= 15 is 0 Å². The van der Waals surface area contributed by atoms with Crippen LogP contribution in [0.4, 0.5) is 5.13 Å². The average Bonchev–Trinajstić information content (AvgIpc) is 3.07. The number of hydrogen-bond acceptors (Lipinski definition) is 3. The third-order valence-corrected chi connectivity index (χ3v) is 4.73. The standard InChI is InChI=1S/C15H14N2S/c1-2-6-12-11(5-1)7-8-13-14(12)16-15(18-13)17-9-3-4-10-17/h1-2,5-8H,3-4,9-10H2. The molecule has 90 valence electrons. The highest BCUT2D eigenvalue weighted by molar-refractivity contribution is 7.22. The number of benzene rings is 2. The summed E-state index contributed by atoms with van der Waals surface area (Å²) >= 11 is 1.82. The van der Waals surface area contributed by atoms with Crippen LogP contribution in [0.5, 0.6) is 0 Å². The van der Waals surface area contributed by atoms with Crippen LogP contribution in [0.15, 0.2) is 36.4 Å². The fourth-order valence-corrected chi connectivity index (χ4v) is 3.73. The van der Waals surface area contributed by atoms with E-state index in [2.05, 4.69) is 41.3 Å². The van der Waals surface area contributed by atoms with Crippen molar-refractivity contribution < 1.29 is 0 Å². The van der Waals surface area contributed by atoms with Crippen molar-refractivity contribution in [3.8, 4) is 0 Å². The Bertz CT molecular complexity index is 711. The van der Waals surface area contributed by atoms with Crippen LogP contribution in [0, 0.1) is 0 Å². The molecule has 18 heavy (non-hydrogen) atoms. The lowest BCUT2D eigenvalue weighted by Gasteiger charge is -2.11. The third-order valence-electron chi connectivity index (χ3n) is 3.65. The molecule has 1 aromatic heterocycles. The largest absolute Gasteiger partial charge is 0.348 e. The molecule has 1 aliphatic heterocycles. The van der Waals surface area contributed by atoms with E-state index < -0.39 is 0 Å². The minimum atomic E-state index is 1.16. The Balaban J connectivity index is 1.95. The molecule has 1 saturated heterocycles. The first-order valence-corrected chi connectivity index (χ1v) is 7.27. The summed E-state index contributed by atoms with van der Waals surface area (Å²) in [7, 11) is 0. The summed E-state index contributed by atoms with van der Waals surface area (Å²) in [5, 5.41) is 3.75. The van der Waals surface area contributed by atoms with Gasteiger partial charge >= 0.3 is 0 Å². The van der Waals surface area contributed by atoms with E-state index in [1.165, 1.54) is 39.0 Å². The lowest BCUT2D eigenvalue weighted by Crippen LogP contribution is -2.16. The predicted octanol–water partition coefficient (Wildman–Crippen LogP) is 4.05. The summed E-state index contributed by atoms with van der Waals surface area (Å²) < 4.78 is 1.30. The molecule has 0 unspecified atom stereocenters. The van der Waals surface area contributed by atoms with Gasteiger partial charge in [0.2, 0.25) is 0 Å². The average molecular weight is 254 g/mol. The monoisotopic (exact) mass is 254 g/mol. The Morgan fingerprint density at radius 2 is 1.83 bits per heavy atom. The van der Waals surface area contributed by atoms with Gasteiger partial charge in [-0.1, -0.05) is 41.7 Å². The summed E-state index contributed by atoms with van der Waals surface area (Å²) in [6, 6.07) is 12.9. The summed E-state index contributed by atoms with van der Waals surface area (Å²) in [6.45, 7) is 2.33. The van der Waals surface area contributed by atoms with Crippen LogP contribution in [0.25, 0.3) is 21.0 Å². The molecule has 0 radical (unpaired) electrons. The van der Waals surface area contributed by atoms with Gasteiger partial charge in [0.15, 0.2) is 5.13 Å². The summed E-state index contributed by atoms with van der Waals surface area (Å²) in [5.41, 5.74) is 1.17. The molecule has 3 aromatic rings. The molecular formula is C15H14N2S. The molecule has 2 aromatic carbocycles. The first-order valence-electron chi connectivity index (χ1n) is 6.45. The van der Waals surface area contributed by atoms with Gasteiger partial charge in [-0.15, -0.1) is 0 Å². The quantitative estimate of drug-likeness (QED) is 0.651. The van der Waals surface area contributed by atoms with E-state index in [-0.39, 0.29) is 0 Å². The highest BCUT2D eigenvalue weighted by atomic mass is 32.1. The van der Waals surface area contributed by atoms with Gasteiger partial charge in [0.05, 0.1) is 10.2 Å². The molecule has 3 heteroatoms. The smallest absolute Gasteiger partial charge is 0.186 e. The summed E-state index contributed by atoms with van der Waals surface area (Å²) in [6.07, 6.45) is 2.60. The second-order valence-electron chi connectivity index (χ2n) is 4.82. The third kappa shape index (κ3) is 1.51. The zero-order valence-electron chi connectivity index (χ0n) is 10.1. The Kier molecular flexibility index (Phi) is 2.27. The molecule has 4 rings (SSSR count). The van der Waals surface area contributed by atoms with Gasteiger partial charge in [-0.05, 0) is 24.3 Å². The minimum Gasteiger partial charge on any atom is -0.348 e. The Morgan fingerprint density at radius 1 is 1.00 bits per heavy atom. The van der Waals surface area contributed by atoms with Gasteiger partial charge in [-0.25, -0.2) is 4.98 Å². The van der Waals surface area contributed by atoms with Crippen molar-refractivity contribution in [2.24, 2.45) is 0 Å². The van der Waals surface area contributed by atoms with Crippen LogP contribution < -0.4 is 4.90 Å². The van der Waals surface area contributed by atoms with Gasteiger partial charge < -0.3 is 4.90 Å². The van der Waals surface area contributed by atoms with Crippen molar-refractivity contribution >= 4 is 37.5 Å². The van der Waals surface area contributed by atoms with Crippen LogP contribution in [0.3, 0.4) is 0 Å². The lowest BCUT2D eigenvalue weighted by molar-refractivity contribution is 0.949. The second kappa shape index (κ2) is 3.95. The number of nitrogens with zero attached hydrogens (tertiary/aromatic N) is 2. The van der Waals surface area contributed by atoms with E-state index in [9.17, 15) is 0 Å². The minimum absolute atomic E-state index is 1.16. The molecule has 0 N–H and O–H groups in total. The van der Waals surface area contributed by atoms with E-state index in [1.54, 1.807) is 0 Å². The summed E-state index contributed by atoms with van der Waals surface area (Å²) in [4.78, 5) is 7.28. The SMILES string of the molecule is c1ccc2c(c1)ccc1sc(N3CCCC3)nc12. The van der Waals surface area contributed by atoms with Gasteiger partial charge in [-0.2, -0.15) is 0 Å². The lowest BCUT2D eigenvalue weighted by atomic mass is 10.1. The topological polar surface area (TPSA) is 16.1 Å².